The molecule has 6 nitrogen and oxygen atoms in total. The minimum absolute atomic E-state index is 0.290. The van der Waals surface area contributed by atoms with Crippen LogP contribution in [0.1, 0.15) is 15.9 Å². The second-order valence-electron chi connectivity index (χ2n) is 5.09. The number of carbonyl (C=O) groups excluding carboxylic acids is 1. The number of carbonyl (C=O) groups is 1. The molecular formula is C18H13N5O. The highest BCUT2D eigenvalue weighted by atomic mass is 16.1. The topological polar surface area (TPSA) is 118 Å². The molecule has 0 atom stereocenters. The maximum absolute atomic E-state index is 12.0. The lowest BCUT2D eigenvalue weighted by molar-refractivity contribution is 0.100. The molecule has 24 heavy (non-hydrogen) atoms. The molecule has 0 spiro atoms. The molecule has 1 heterocycles. The van der Waals surface area contributed by atoms with Crippen molar-refractivity contribution < 1.29 is 4.79 Å². The number of rotatable bonds is 2. The Balaban J connectivity index is 2.25. The third kappa shape index (κ3) is 2.78. The van der Waals surface area contributed by atoms with Crippen molar-refractivity contribution in [3.05, 3.63) is 65.9 Å². The van der Waals surface area contributed by atoms with Crippen LogP contribution in [0.4, 0.5) is 0 Å². The Kier molecular flexibility index (Phi) is 3.91. The molecule has 0 radical (unpaired) electrons. The lowest BCUT2D eigenvalue weighted by Crippen LogP contribution is -2.24. The fourth-order valence-corrected chi connectivity index (χ4v) is 2.48. The van der Waals surface area contributed by atoms with Gasteiger partial charge in [0.25, 0.3) is 5.91 Å². The zero-order valence-electron chi connectivity index (χ0n) is 12.6. The van der Waals surface area contributed by atoms with Gasteiger partial charge in [-0.05, 0) is 29.7 Å². The van der Waals surface area contributed by atoms with Gasteiger partial charge in [0.05, 0.1) is 17.3 Å². The number of nitrogens with two attached hydrogens (primary N) is 2. The fraction of sp³-hybridized carbons (Fsp3) is 0. The van der Waals surface area contributed by atoms with Crippen molar-refractivity contribution >= 4 is 22.6 Å². The number of amides is 1. The zero-order chi connectivity index (χ0) is 17.1. The molecule has 0 aliphatic carbocycles. The van der Waals surface area contributed by atoms with Crippen molar-refractivity contribution in [2.45, 2.75) is 0 Å². The van der Waals surface area contributed by atoms with Crippen molar-refractivity contribution in [2.75, 3.05) is 0 Å². The zero-order valence-corrected chi connectivity index (χ0v) is 12.6. The molecule has 1 aromatic heterocycles. The van der Waals surface area contributed by atoms with Gasteiger partial charge in [0.15, 0.2) is 5.96 Å². The van der Waals surface area contributed by atoms with E-state index >= 15 is 0 Å². The van der Waals surface area contributed by atoms with E-state index in [0.29, 0.717) is 22.4 Å². The van der Waals surface area contributed by atoms with Crippen LogP contribution < -0.4 is 11.5 Å². The van der Waals surface area contributed by atoms with Gasteiger partial charge >= 0.3 is 0 Å². The predicted octanol–water partition coefficient (Wildman–Crippen LogP) is 2.19. The Bertz CT molecular complexity index is 1010. The van der Waals surface area contributed by atoms with E-state index in [1.165, 1.54) is 0 Å². The van der Waals surface area contributed by atoms with Gasteiger partial charge in [0.1, 0.15) is 0 Å². The number of nitrogens with zero attached hydrogens (tertiary/aromatic N) is 3. The lowest BCUT2D eigenvalue weighted by atomic mass is 9.98. The summed E-state index contributed by atoms with van der Waals surface area (Å²) in [5, 5.41) is 11.0. The molecule has 3 aromatic rings. The Morgan fingerprint density at radius 1 is 1.12 bits per heavy atom. The minimum Gasteiger partial charge on any atom is -0.370 e. The maximum Gasteiger partial charge on any atom is 0.280 e. The molecule has 0 fully saturated rings. The molecule has 0 saturated heterocycles. The largest absolute Gasteiger partial charge is 0.370 e. The van der Waals surface area contributed by atoms with E-state index in [0.717, 1.165) is 10.8 Å². The monoisotopic (exact) mass is 315 g/mol. The molecule has 0 unspecified atom stereocenters. The van der Waals surface area contributed by atoms with E-state index in [-0.39, 0.29) is 5.96 Å². The normalized spacial score (nSPS) is 10.1. The van der Waals surface area contributed by atoms with Gasteiger partial charge < -0.3 is 11.5 Å². The number of guanidine groups is 1. The van der Waals surface area contributed by atoms with Crippen LogP contribution in [-0.4, -0.2) is 16.9 Å². The highest BCUT2D eigenvalue weighted by molar-refractivity contribution is 6.06. The summed E-state index contributed by atoms with van der Waals surface area (Å²) in [5.41, 5.74) is 12.7. The number of pyridine rings is 1. The van der Waals surface area contributed by atoms with Crippen LogP contribution in [0.25, 0.3) is 22.0 Å². The molecule has 0 bridgehead atoms. The number of fused-ring (bicyclic) bond motifs is 1. The van der Waals surface area contributed by atoms with Gasteiger partial charge in [-0.15, -0.1) is 0 Å². The summed E-state index contributed by atoms with van der Waals surface area (Å²) in [7, 11) is 0. The van der Waals surface area contributed by atoms with Crippen molar-refractivity contribution in [3.8, 4) is 17.3 Å². The summed E-state index contributed by atoms with van der Waals surface area (Å²) < 4.78 is 0. The third-order valence-corrected chi connectivity index (χ3v) is 3.55. The maximum atomic E-state index is 12.0. The second-order valence-corrected chi connectivity index (χ2v) is 5.09. The molecule has 4 N–H and O–H groups in total. The van der Waals surface area contributed by atoms with Crippen molar-refractivity contribution in [1.82, 2.24) is 4.98 Å². The predicted molar refractivity (Wildman–Crippen MR) is 92.0 cm³/mol. The molecule has 0 saturated carbocycles. The molecule has 0 aliphatic rings. The van der Waals surface area contributed by atoms with E-state index < -0.39 is 5.91 Å². The Morgan fingerprint density at radius 2 is 1.92 bits per heavy atom. The van der Waals surface area contributed by atoms with Crippen LogP contribution in [0, 0.1) is 11.3 Å². The van der Waals surface area contributed by atoms with Crippen molar-refractivity contribution in [2.24, 2.45) is 16.5 Å². The van der Waals surface area contributed by atoms with E-state index in [1.54, 1.807) is 36.5 Å². The highest BCUT2D eigenvalue weighted by Crippen LogP contribution is 2.29. The summed E-state index contributed by atoms with van der Waals surface area (Å²) in [6.45, 7) is 0. The standard InChI is InChI=1S/C18H13N5O/c19-10-13-3-1-2-4-14(13)16-15-9-12(17(24)23-18(20)21)6-5-11(15)7-8-22-16/h1-9H,(H4,20,21,23,24). The van der Waals surface area contributed by atoms with Gasteiger partial charge in [-0.25, -0.2) is 0 Å². The summed E-state index contributed by atoms with van der Waals surface area (Å²) in [6, 6.07) is 16.3. The average Bonchev–Trinajstić information content (AvgIpc) is 2.60. The molecular weight excluding hydrogens is 302 g/mol. The molecule has 116 valence electrons. The fourth-order valence-electron chi connectivity index (χ4n) is 2.48. The number of hydrogen-bond acceptors (Lipinski definition) is 3. The van der Waals surface area contributed by atoms with Gasteiger partial charge in [-0.1, -0.05) is 24.3 Å². The van der Waals surface area contributed by atoms with Gasteiger partial charge in [0, 0.05) is 22.7 Å². The van der Waals surface area contributed by atoms with Crippen LogP contribution in [0.2, 0.25) is 0 Å². The number of nitriles is 1. The summed E-state index contributed by atoms with van der Waals surface area (Å²) >= 11 is 0. The minimum atomic E-state index is -0.528. The molecule has 6 heteroatoms. The van der Waals surface area contributed by atoms with E-state index in [9.17, 15) is 10.1 Å². The first kappa shape index (κ1) is 15.2. The van der Waals surface area contributed by atoms with Crippen LogP contribution in [0.3, 0.4) is 0 Å². The smallest absolute Gasteiger partial charge is 0.280 e. The molecule has 1 amide bonds. The number of aliphatic imine (C=N–C) groups is 1. The lowest BCUT2D eigenvalue weighted by Gasteiger charge is -2.08. The second kappa shape index (κ2) is 6.18. The van der Waals surface area contributed by atoms with Crippen LogP contribution in [-0.2, 0) is 0 Å². The Labute approximate surface area is 138 Å². The SMILES string of the molecule is N#Cc1ccccc1-c1nccc2ccc(C(=O)N=C(N)N)cc12. The summed E-state index contributed by atoms with van der Waals surface area (Å²) in [4.78, 5) is 20.0. The summed E-state index contributed by atoms with van der Waals surface area (Å²) in [6.07, 6.45) is 1.67. The van der Waals surface area contributed by atoms with E-state index in [4.69, 9.17) is 11.5 Å². The van der Waals surface area contributed by atoms with E-state index in [2.05, 4.69) is 16.0 Å². The molecule has 2 aromatic carbocycles. The van der Waals surface area contributed by atoms with Crippen LogP contribution in [0.5, 0.6) is 0 Å². The Hall–Kier alpha value is -3.72. The first-order valence-electron chi connectivity index (χ1n) is 7.12. The van der Waals surface area contributed by atoms with Crippen molar-refractivity contribution in [3.63, 3.8) is 0 Å². The van der Waals surface area contributed by atoms with E-state index in [1.807, 2.05) is 18.2 Å². The third-order valence-electron chi connectivity index (χ3n) is 3.55. The number of hydrogen-bond donors (Lipinski definition) is 2. The molecule has 3 rings (SSSR count). The Morgan fingerprint density at radius 3 is 2.67 bits per heavy atom. The number of aromatic nitrogens is 1. The first-order chi connectivity index (χ1) is 11.6. The van der Waals surface area contributed by atoms with Crippen molar-refractivity contribution in [1.29, 1.82) is 5.26 Å². The number of benzene rings is 2. The summed E-state index contributed by atoms with van der Waals surface area (Å²) in [5.74, 6) is -0.818. The van der Waals surface area contributed by atoms with Gasteiger partial charge in [0.2, 0.25) is 0 Å². The average molecular weight is 315 g/mol. The van der Waals surface area contributed by atoms with Crippen LogP contribution >= 0.6 is 0 Å². The van der Waals surface area contributed by atoms with Gasteiger partial charge in [-0.2, -0.15) is 10.3 Å². The highest BCUT2D eigenvalue weighted by Gasteiger charge is 2.12. The van der Waals surface area contributed by atoms with Gasteiger partial charge in [-0.3, -0.25) is 9.78 Å². The van der Waals surface area contributed by atoms with Crippen LogP contribution in [0.15, 0.2) is 59.7 Å². The first-order valence-corrected chi connectivity index (χ1v) is 7.12. The molecule has 0 aliphatic heterocycles. The quantitative estimate of drug-likeness (QED) is 0.555.